The Morgan fingerprint density at radius 3 is 1.54 bits per heavy atom. The monoisotopic (exact) mass is 801 g/mol. The molecule has 1 N–H and O–H groups in total. The minimum absolute atomic E-state index is 0.126. The Balaban J connectivity index is 1.67. The van der Waals surface area contributed by atoms with E-state index in [0.717, 1.165) is 59.1 Å². The Labute approximate surface area is 342 Å². The molecule has 0 radical (unpaired) electrons. The highest BCUT2D eigenvalue weighted by Crippen LogP contribution is 2.58. The number of unbranched alkanes of at least 4 members (excludes halogenated alkanes) is 18. The van der Waals surface area contributed by atoms with E-state index < -0.39 is 18.5 Å². The number of hydrogen-bond acceptors (Lipinski definition) is 6. The molecule has 1 saturated heterocycles. The molecule has 1 fully saturated rings. The zero-order chi connectivity index (χ0) is 39.1. The summed E-state index contributed by atoms with van der Waals surface area (Å²) in [5.41, 5.74) is 2.03. The Morgan fingerprint density at radius 2 is 1.07 bits per heavy atom. The zero-order valence-electron chi connectivity index (χ0n) is 35.8. The van der Waals surface area contributed by atoms with Crippen LogP contribution in [0.1, 0.15) is 187 Å². The number of benzene rings is 2. The largest absolute Gasteiger partial charge is 0.544 e. The second-order valence-corrected chi connectivity index (χ2v) is 24.9. The molecular weight excluding hydrogens is 721 g/mol. The maximum atomic E-state index is 12.2. The zero-order valence-corrected chi connectivity index (χ0v) is 38.4. The number of hydrogen-bond donors (Lipinski definition) is 1. The summed E-state index contributed by atoms with van der Waals surface area (Å²) in [6.45, 7) is 17.3. The smallest absolute Gasteiger partial charge is 0.250 e. The van der Waals surface area contributed by atoms with Gasteiger partial charge < -0.3 is 19.0 Å². The first kappa shape index (κ1) is 47.1. The van der Waals surface area contributed by atoms with Crippen LogP contribution in [-0.2, 0) is 4.08 Å². The first-order valence-corrected chi connectivity index (χ1v) is 27.1. The van der Waals surface area contributed by atoms with E-state index in [-0.39, 0.29) is 5.04 Å². The van der Waals surface area contributed by atoms with Gasteiger partial charge in [0, 0.05) is 0 Å². The number of thioether (sulfide) groups is 2. The molecule has 3 rings (SSSR count). The number of rotatable bonds is 29. The van der Waals surface area contributed by atoms with Gasteiger partial charge in [0.05, 0.1) is 13.2 Å². The van der Waals surface area contributed by atoms with E-state index in [1.54, 1.807) is 0 Å². The fraction of sp³-hybridized carbons (Fsp3) is 0.745. The van der Waals surface area contributed by atoms with Crippen LogP contribution in [0.15, 0.2) is 42.5 Å². The van der Waals surface area contributed by atoms with Gasteiger partial charge in [-0.1, -0.05) is 168 Å². The molecule has 1 heterocycles. The van der Waals surface area contributed by atoms with Crippen LogP contribution in [0.4, 0.5) is 0 Å². The summed E-state index contributed by atoms with van der Waals surface area (Å²) < 4.78 is 19.1. The third-order valence-electron chi connectivity index (χ3n) is 11.5. The van der Waals surface area contributed by atoms with Crippen molar-refractivity contribution >= 4 is 31.8 Å². The van der Waals surface area contributed by atoms with Crippen LogP contribution in [0.25, 0.3) is 0 Å². The second kappa shape index (κ2) is 25.9. The number of aliphatic hydroxyl groups is 1. The summed E-state index contributed by atoms with van der Waals surface area (Å²) in [5.74, 6) is 4.59. The number of ether oxygens (including phenoxy) is 2. The highest BCUT2D eigenvalue weighted by Gasteiger charge is 2.44. The topological polar surface area (TPSA) is 47.9 Å². The van der Waals surface area contributed by atoms with Crippen molar-refractivity contribution in [2.45, 2.75) is 198 Å². The van der Waals surface area contributed by atoms with Gasteiger partial charge in [-0.05, 0) is 84.3 Å². The Morgan fingerprint density at radius 1 is 0.630 bits per heavy atom. The molecular formula is C47H80O4S2Si. The highest BCUT2D eigenvalue weighted by molar-refractivity contribution is 8.18. The Hall–Kier alpha value is -1.28. The van der Waals surface area contributed by atoms with E-state index in [1.807, 2.05) is 23.5 Å². The normalized spacial score (nSPS) is 15.3. The lowest BCUT2D eigenvalue weighted by Crippen LogP contribution is -2.43. The van der Waals surface area contributed by atoms with E-state index in [0.29, 0.717) is 13.2 Å². The van der Waals surface area contributed by atoms with Crippen LogP contribution in [0.5, 0.6) is 17.2 Å². The average molecular weight is 801 g/mol. The quantitative estimate of drug-likeness (QED) is 0.0653. The van der Waals surface area contributed by atoms with Crippen molar-refractivity contribution in [1.29, 1.82) is 0 Å². The first-order valence-electron chi connectivity index (χ1n) is 22.2. The van der Waals surface area contributed by atoms with Crippen molar-refractivity contribution < 1.29 is 19.0 Å². The van der Waals surface area contributed by atoms with Crippen LogP contribution >= 0.6 is 23.5 Å². The van der Waals surface area contributed by atoms with Gasteiger partial charge in [-0.15, -0.1) is 23.5 Å². The minimum Gasteiger partial charge on any atom is -0.544 e. The van der Waals surface area contributed by atoms with E-state index in [1.165, 1.54) is 116 Å². The molecule has 0 aliphatic carbocycles. The Bertz CT molecular complexity index is 1260. The maximum absolute atomic E-state index is 12.2. The number of aliphatic hydroxyl groups excluding tert-OH is 1. The van der Waals surface area contributed by atoms with E-state index in [9.17, 15) is 5.11 Å². The maximum Gasteiger partial charge on any atom is 0.250 e. The van der Waals surface area contributed by atoms with Crippen LogP contribution in [-0.4, -0.2) is 38.1 Å². The van der Waals surface area contributed by atoms with Gasteiger partial charge >= 0.3 is 0 Å². The molecule has 0 aromatic heterocycles. The summed E-state index contributed by atoms with van der Waals surface area (Å²) >= 11 is 3.75. The van der Waals surface area contributed by atoms with Crippen LogP contribution in [0.2, 0.25) is 18.1 Å². The predicted octanol–water partition coefficient (Wildman–Crippen LogP) is 15.4. The van der Waals surface area contributed by atoms with E-state index >= 15 is 0 Å². The molecule has 7 heteroatoms. The van der Waals surface area contributed by atoms with Gasteiger partial charge in [-0.2, -0.15) is 0 Å². The van der Waals surface area contributed by atoms with Gasteiger partial charge in [0.25, 0.3) is 0 Å². The van der Waals surface area contributed by atoms with Crippen LogP contribution < -0.4 is 13.9 Å². The van der Waals surface area contributed by atoms with E-state index in [4.69, 9.17) is 13.9 Å². The summed E-state index contributed by atoms with van der Waals surface area (Å²) in [4.78, 5) is 0. The summed E-state index contributed by atoms with van der Waals surface area (Å²) in [5, 5.41) is 12.3. The molecule has 2 aromatic rings. The molecule has 0 spiro atoms. The molecule has 1 aliphatic rings. The van der Waals surface area contributed by atoms with Gasteiger partial charge in [0.15, 0.2) is 11.5 Å². The van der Waals surface area contributed by atoms with Gasteiger partial charge in [-0.3, -0.25) is 0 Å². The van der Waals surface area contributed by atoms with Gasteiger partial charge in [0.1, 0.15) is 15.9 Å². The van der Waals surface area contributed by atoms with Crippen molar-refractivity contribution in [3.8, 4) is 17.2 Å². The van der Waals surface area contributed by atoms with Crippen LogP contribution in [0.3, 0.4) is 0 Å². The molecule has 4 nitrogen and oxygen atoms in total. The highest BCUT2D eigenvalue weighted by atomic mass is 32.2. The van der Waals surface area contributed by atoms with Crippen molar-refractivity contribution in [1.82, 2.24) is 0 Å². The lowest BCUT2D eigenvalue weighted by molar-refractivity contribution is 0.163. The van der Waals surface area contributed by atoms with Crippen molar-refractivity contribution in [3.63, 3.8) is 0 Å². The molecule has 54 heavy (non-hydrogen) atoms. The third kappa shape index (κ3) is 16.3. The molecule has 2 aromatic carbocycles. The van der Waals surface area contributed by atoms with Crippen LogP contribution in [0, 0.1) is 0 Å². The Kier molecular flexibility index (Phi) is 22.6. The van der Waals surface area contributed by atoms with Gasteiger partial charge in [0.2, 0.25) is 8.32 Å². The first-order chi connectivity index (χ1) is 26.0. The molecule has 1 unspecified atom stereocenters. The van der Waals surface area contributed by atoms with Gasteiger partial charge in [-0.25, -0.2) is 0 Å². The molecule has 0 amide bonds. The lowest BCUT2D eigenvalue weighted by Gasteiger charge is -2.41. The predicted molar refractivity (Wildman–Crippen MR) is 242 cm³/mol. The summed E-state index contributed by atoms with van der Waals surface area (Å²) in [7, 11) is -1.95. The molecule has 0 bridgehead atoms. The molecule has 0 saturated carbocycles. The van der Waals surface area contributed by atoms with Crippen molar-refractivity contribution in [2.24, 2.45) is 0 Å². The SMILES string of the molecule is CCCCCCCCCCCCOc1ccc(C2(C(O)c3ccc(O[Si](C)(C)C(C)(C)C)cc3)SCCCS2)cc1OCCCCCCCCCCCC. The summed E-state index contributed by atoms with van der Waals surface area (Å²) in [6.07, 6.45) is 26.7. The molecule has 308 valence electrons. The average Bonchev–Trinajstić information content (AvgIpc) is 3.16. The van der Waals surface area contributed by atoms with Crippen molar-refractivity contribution in [3.05, 3.63) is 53.6 Å². The lowest BCUT2D eigenvalue weighted by atomic mass is 9.99. The third-order valence-corrected chi connectivity index (χ3v) is 19.3. The fourth-order valence-corrected chi connectivity index (χ4v) is 11.3. The second-order valence-electron chi connectivity index (χ2n) is 17.3. The molecule has 1 aliphatic heterocycles. The van der Waals surface area contributed by atoms with Crippen molar-refractivity contribution in [2.75, 3.05) is 24.7 Å². The fourth-order valence-electron chi connectivity index (χ4n) is 6.92. The van der Waals surface area contributed by atoms with E-state index in [2.05, 4.69) is 90.2 Å². The summed E-state index contributed by atoms with van der Waals surface area (Å²) in [6, 6.07) is 14.7. The minimum atomic E-state index is -1.95. The standard InChI is InChI=1S/C47H80O4S2Si/c1-8-10-12-14-16-18-20-22-24-26-35-49-43-34-31-41(39-44(43)50-36-27-25-23-21-19-17-15-13-11-9-2)47(52-37-28-38-53-47)45(48)40-29-32-42(33-30-40)51-54(6,7)46(3,4)5/h29-34,39,45,48H,8-28,35-38H2,1-7H3. The molecule has 1 atom stereocenters.